The molecule has 0 aliphatic rings. The molecule has 0 fully saturated rings. The van der Waals surface area contributed by atoms with Crippen LogP contribution in [0.15, 0.2) is 53.9 Å². The fourth-order valence-corrected chi connectivity index (χ4v) is 2.50. The standard InChI is InChI=1S/C18H13Cl2FN4/c19-14-5-2-1-4-12(14)10-24-17(8-22)18(9-23)25-11-13-15(20)6-3-7-16(13)21/h1-7,24-25H,10-11H2/b18-17-. The van der Waals surface area contributed by atoms with Crippen molar-refractivity contribution in [3.05, 3.63) is 80.8 Å². The predicted molar refractivity (Wildman–Crippen MR) is 94.8 cm³/mol. The van der Waals surface area contributed by atoms with Crippen LogP contribution in [0.2, 0.25) is 10.0 Å². The summed E-state index contributed by atoms with van der Waals surface area (Å²) < 4.78 is 13.8. The number of allylic oxidation sites excluding steroid dienone is 2. The smallest absolute Gasteiger partial charge is 0.148 e. The highest BCUT2D eigenvalue weighted by Crippen LogP contribution is 2.19. The second-order valence-electron chi connectivity index (χ2n) is 4.97. The topological polar surface area (TPSA) is 71.6 Å². The maximum absolute atomic E-state index is 13.8. The minimum Gasteiger partial charge on any atom is -0.370 e. The van der Waals surface area contributed by atoms with E-state index in [2.05, 4.69) is 10.6 Å². The number of nitrogens with zero attached hydrogens (tertiary/aromatic N) is 2. The molecule has 2 rings (SSSR count). The average Bonchev–Trinajstić information content (AvgIpc) is 2.61. The quantitative estimate of drug-likeness (QED) is 0.740. The highest BCUT2D eigenvalue weighted by atomic mass is 35.5. The molecule has 0 spiro atoms. The first-order chi connectivity index (χ1) is 12.1. The number of hydrogen-bond acceptors (Lipinski definition) is 4. The van der Waals surface area contributed by atoms with Crippen LogP contribution in [0.5, 0.6) is 0 Å². The Kier molecular flexibility index (Phi) is 6.65. The van der Waals surface area contributed by atoms with E-state index in [-0.39, 0.29) is 35.1 Å². The summed E-state index contributed by atoms with van der Waals surface area (Å²) in [6, 6.07) is 15.3. The molecular formula is C18H13Cl2FN4. The Morgan fingerprint density at radius 2 is 1.48 bits per heavy atom. The van der Waals surface area contributed by atoms with Crippen molar-refractivity contribution in [1.82, 2.24) is 10.6 Å². The van der Waals surface area contributed by atoms with Crippen LogP contribution in [0, 0.1) is 28.5 Å². The zero-order valence-corrected chi connectivity index (χ0v) is 14.5. The van der Waals surface area contributed by atoms with E-state index in [0.29, 0.717) is 5.02 Å². The molecule has 0 radical (unpaired) electrons. The molecule has 0 saturated carbocycles. The highest BCUT2D eigenvalue weighted by Gasteiger charge is 2.11. The molecular weight excluding hydrogens is 362 g/mol. The molecule has 2 aromatic rings. The van der Waals surface area contributed by atoms with Gasteiger partial charge in [-0.2, -0.15) is 10.5 Å². The van der Waals surface area contributed by atoms with Crippen LogP contribution in [0.4, 0.5) is 4.39 Å². The van der Waals surface area contributed by atoms with Gasteiger partial charge in [0.05, 0.1) is 0 Å². The number of rotatable bonds is 6. The van der Waals surface area contributed by atoms with Crippen LogP contribution < -0.4 is 10.6 Å². The van der Waals surface area contributed by atoms with E-state index < -0.39 is 5.82 Å². The van der Waals surface area contributed by atoms with Crippen LogP contribution in [-0.4, -0.2) is 0 Å². The first kappa shape index (κ1) is 18.6. The van der Waals surface area contributed by atoms with Crippen molar-refractivity contribution in [2.24, 2.45) is 0 Å². The van der Waals surface area contributed by atoms with E-state index in [1.54, 1.807) is 18.2 Å². The fourth-order valence-electron chi connectivity index (χ4n) is 2.07. The van der Waals surface area contributed by atoms with Gasteiger partial charge < -0.3 is 10.6 Å². The van der Waals surface area contributed by atoms with E-state index in [1.165, 1.54) is 12.1 Å². The monoisotopic (exact) mass is 374 g/mol. The lowest BCUT2D eigenvalue weighted by Gasteiger charge is -2.11. The van der Waals surface area contributed by atoms with Gasteiger partial charge in [0, 0.05) is 28.7 Å². The molecule has 7 heteroatoms. The van der Waals surface area contributed by atoms with Crippen molar-refractivity contribution < 1.29 is 4.39 Å². The first-order valence-corrected chi connectivity index (χ1v) is 8.01. The number of halogens is 3. The Labute approximate surface area is 155 Å². The Morgan fingerprint density at radius 1 is 0.880 bits per heavy atom. The SMILES string of the molecule is N#C/C(NCc1ccccc1Cl)=C(\C#N)NCc1c(F)cccc1Cl. The van der Waals surface area contributed by atoms with Crippen LogP contribution >= 0.6 is 23.2 Å². The molecule has 2 N–H and O–H groups in total. The van der Waals surface area contributed by atoms with E-state index >= 15 is 0 Å². The molecule has 0 unspecified atom stereocenters. The van der Waals surface area contributed by atoms with Gasteiger partial charge in [-0.3, -0.25) is 0 Å². The summed E-state index contributed by atoms with van der Waals surface area (Å²) in [7, 11) is 0. The lowest BCUT2D eigenvalue weighted by atomic mass is 10.2. The van der Waals surface area contributed by atoms with Crippen molar-refractivity contribution in [2.75, 3.05) is 0 Å². The predicted octanol–water partition coefficient (Wildman–Crippen LogP) is 4.27. The molecule has 0 amide bonds. The number of nitrogens with one attached hydrogen (secondary N) is 2. The molecule has 126 valence electrons. The van der Waals surface area contributed by atoms with E-state index in [1.807, 2.05) is 24.3 Å². The molecule has 0 aromatic heterocycles. The van der Waals surface area contributed by atoms with E-state index in [9.17, 15) is 14.9 Å². The second-order valence-corrected chi connectivity index (χ2v) is 5.79. The summed E-state index contributed by atoms with van der Waals surface area (Å²) in [5, 5.41) is 25.0. The summed E-state index contributed by atoms with van der Waals surface area (Å²) in [5.41, 5.74) is 1.04. The van der Waals surface area contributed by atoms with Crippen molar-refractivity contribution >= 4 is 23.2 Å². The van der Waals surface area contributed by atoms with Gasteiger partial charge in [0.1, 0.15) is 29.3 Å². The van der Waals surface area contributed by atoms with Crippen molar-refractivity contribution in [1.29, 1.82) is 10.5 Å². The Balaban J connectivity index is 2.13. The zero-order chi connectivity index (χ0) is 18.2. The van der Waals surface area contributed by atoms with Gasteiger partial charge in [-0.1, -0.05) is 47.5 Å². The minimum absolute atomic E-state index is 0.00567. The van der Waals surface area contributed by atoms with Crippen LogP contribution in [0.25, 0.3) is 0 Å². The van der Waals surface area contributed by atoms with Gasteiger partial charge in [-0.05, 0) is 23.8 Å². The molecule has 4 nitrogen and oxygen atoms in total. The van der Waals surface area contributed by atoms with Gasteiger partial charge in [0.25, 0.3) is 0 Å². The Bertz CT molecular complexity index is 861. The largest absolute Gasteiger partial charge is 0.370 e. The van der Waals surface area contributed by atoms with Crippen LogP contribution in [-0.2, 0) is 13.1 Å². The molecule has 2 aromatic carbocycles. The third kappa shape index (κ3) is 4.87. The maximum atomic E-state index is 13.8. The van der Waals surface area contributed by atoms with Crippen molar-refractivity contribution in [2.45, 2.75) is 13.1 Å². The number of benzene rings is 2. The van der Waals surface area contributed by atoms with Gasteiger partial charge in [0.2, 0.25) is 0 Å². The Hall–Kier alpha value is -2.73. The normalized spacial score (nSPS) is 11.1. The first-order valence-electron chi connectivity index (χ1n) is 7.25. The molecule has 0 atom stereocenters. The van der Waals surface area contributed by atoms with Gasteiger partial charge in [-0.15, -0.1) is 0 Å². The fraction of sp³-hybridized carbons (Fsp3) is 0.111. The third-order valence-electron chi connectivity index (χ3n) is 3.39. The zero-order valence-electron chi connectivity index (χ0n) is 13.0. The number of nitriles is 2. The van der Waals surface area contributed by atoms with Gasteiger partial charge in [0.15, 0.2) is 0 Å². The molecule has 0 aliphatic heterocycles. The minimum atomic E-state index is -0.486. The lowest BCUT2D eigenvalue weighted by Crippen LogP contribution is -2.21. The second kappa shape index (κ2) is 8.94. The number of hydrogen-bond donors (Lipinski definition) is 2. The summed E-state index contributed by atoms with van der Waals surface area (Å²) in [4.78, 5) is 0. The Morgan fingerprint density at radius 3 is 2.08 bits per heavy atom. The highest BCUT2D eigenvalue weighted by molar-refractivity contribution is 6.31. The lowest BCUT2D eigenvalue weighted by molar-refractivity contribution is 0.602. The van der Waals surface area contributed by atoms with Crippen LogP contribution in [0.3, 0.4) is 0 Å². The maximum Gasteiger partial charge on any atom is 0.148 e. The summed E-state index contributed by atoms with van der Waals surface area (Å²) in [6.45, 7) is 0.253. The van der Waals surface area contributed by atoms with E-state index in [4.69, 9.17) is 23.2 Å². The summed E-state index contributed by atoms with van der Waals surface area (Å²) >= 11 is 12.0. The molecule has 0 saturated heterocycles. The van der Waals surface area contributed by atoms with E-state index in [0.717, 1.165) is 5.56 Å². The van der Waals surface area contributed by atoms with Gasteiger partial charge >= 0.3 is 0 Å². The molecule has 0 heterocycles. The van der Waals surface area contributed by atoms with Gasteiger partial charge in [-0.25, -0.2) is 4.39 Å². The van der Waals surface area contributed by atoms with Crippen LogP contribution in [0.1, 0.15) is 11.1 Å². The van der Waals surface area contributed by atoms with Crippen molar-refractivity contribution in [3.63, 3.8) is 0 Å². The molecule has 0 bridgehead atoms. The summed E-state index contributed by atoms with van der Waals surface area (Å²) in [6.07, 6.45) is 0. The molecule has 25 heavy (non-hydrogen) atoms. The summed E-state index contributed by atoms with van der Waals surface area (Å²) in [5.74, 6) is -0.486. The third-order valence-corrected chi connectivity index (χ3v) is 4.11. The molecule has 0 aliphatic carbocycles. The van der Waals surface area contributed by atoms with Crippen molar-refractivity contribution in [3.8, 4) is 12.1 Å². The average molecular weight is 375 g/mol.